The van der Waals surface area contributed by atoms with Gasteiger partial charge in [-0.15, -0.1) is 0 Å². The van der Waals surface area contributed by atoms with Crippen molar-refractivity contribution in [2.45, 2.75) is 38.6 Å². The molecular formula is C14H25N3O2. The molecule has 0 saturated carbocycles. The Labute approximate surface area is 115 Å². The van der Waals surface area contributed by atoms with E-state index >= 15 is 0 Å². The number of ether oxygens (including phenoxy) is 1. The van der Waals surface area contributed by atoms with Crippen molar-refractivity contribution < 1.29 is 9.53 Å². The third-order valence-corrected chi connectivity index (χ3v) is 3.21. The lowest BCUT2D eigenvalue weighted by atomic mass is 9.89. The summed E-state index contributed by atoms with van der Waals surface area (Å²) in [4.78, 5) is 18.1. The quantitative estimate of drug-likeness (QED) is 0.773. The van der Waals surface area contributed by atoms with Gasteiger partial charge in [0.1, 0.15) is 6.04 Å². The van der Waals surface area contributed by atoms with Crippen LogP contribution < -0.4 is 0 Å². The molecule has 1 heterocycles. The number of likely N-dealkylation sites (N-methyl/N-ethyl adjacent to an activating group) is 1. The molecule has 0 radical (unpaired) electrons. The lowest BCUT2D eigenvalue weighted by Gasteiger charge is -2.25. The predicted octanol–water partition coefficient (Wildman–Crippen LogP) is 1.36. The number of aromatic nitrogens is 2. The van der Waals surface area contributed by atoms with Crippen LogP contribution in [0.2, 0.25) is 0 Å². The molecule has 0 bridgehead atoms. The van der Waals surface area contributed by atoms with Crippen LogP contribution in [0.1, 0.15) is 32.2 Å². The van der Waals surface area contributed by atoms with Gasteiger partial charge in [-0.2, -0.15) is 0 Å². The lowest BCUT2D eigenvalue weighted by Crippen LogP contribution is -2.39. The number of carbonyl (C=O) groups excluding carboxylic acids is 1. The molecule has 1 unspecified atom stereocenters. The summed E-state index contributed by atoms with van der Waals surface area (Å²) in [7, 11) is 7.16. The fraction of sp³-hybridized carbons (Fsp3) is 0.714. The lowest BCUT2D eigenvalue weighted by molar-refractivity contribution is -0.145. The fourth-order valence-corrected chi connectivity index (χ4v) is 2.39. The minimum Gasteiger partial charge on any atom is -0.468 e. The van der Waals surface area contributed by atoms with E-state index in [1.165, 1.54) is 7.11 Å². The van der Waals surface area contributed by atoms with Gasteiger partial charge < -0.3 is 9.30 Å². The number of nitrogens with zero attached hydrogens (tertiary/aromatic N) is 3. The molecule has 0 aliphatic rings. The van der Waals surface area contributed by atoms with E-state index in [1.54, 1.807) is 6.33 Å². The Kier molecular flexibility index (Phi) is 4.74. The molecule has 5 nitrogen and oxygen atoms in total. The molecule has 0 amide bonds. The summed E-state index contributed by atoms with van der Waals surface area (Å²) in [6, 6.07) is -0.305. The maximum atomic E-state index is 11.8. The highest BCUT2D eigenvalue weighted by molar-refractivity contribution is 5.76. The number of carbonyl (C=O) groups is 1. The number of hydrogen-bond donors (Lipinski definition) is 0. The summed E-state index contributed by atoms with van der Waals surface area (Å²) in [6.07, 6.45) is 2.37. The molecule has 108 valence electrons. The van der Waals surface area contributed by atoms with Crippen molar-refractivity contribution >= 4 is 5.97 Å². The van der Waals surface area contributed by atoms with Gasteiger partial charge in [0.2, 0.25) is 0 Å². The first kappa shape index (κ1) is 15.7. The van der Waals surface area contributed by atoms with Crippen LogP contribution in [0.25, 0.3) is 0 Å². The summed E-state index contributed by atoms with van der Waals surface area (Å²) in [5, 5.41) is 0. The van der Waals surface area contributed by atoms with Gasteiger partial charge >= 0.3 is 5.97 Å². The van der Waals surface area contributed by atoms with Crippen LogP contribution in [0.4, 0.5) is 0 Å². The highest BCUT2D eigenvalue weighted by atomic mass is 16.5. The maximum absolute atomic E-state index is 11.8. The molecule has 0 saturated heterocycles. The van der Waals surface area contributed by atoms with E-state index in [0.717, 1.165) is 11.4 Å². The van der Waals surface area contributed by atoms with E-state index in [2.05, 4.69) is 25.8 Å². The van der Waals surface area contributed by atoms with Crippen molar-refractivity contribution in [3.63, 3.8) is 0 Å². The molecule has 0 aliphatic carbocycles. The monoisotopic (exact) mass is 267 g/mol. The zero-order valence-corrected chi connectivity index (χ0v) is 13.0. The van der Waals surface area contributed by atoms with Crippen molar-refractivity contribution in [3.8, 4) is 0 Å². The van der Waals surface area contributed by atoms with E-state index in [4.69, 9.17) is 4.74 Å². The summed E-state index contributed by atoms with van der Waals surface area (Å²) < 4.78 is 6.89. The summed E-state index contributed by atoms with van der Waals surface area (Å²) in [5.41, 5.74) is 2.11. The fourth-order valence-electron chi connectivity index (χ4n) is 2.39. The Bertz CT molecular complexity index is 444. The highest BCUT2D eigenvalue weighted by Crippen LogP contribution is 2.26. The SMILES string of the molecule is COC(=O)C(Cc1ncn(C)c1C(C)(C)C)N(C)C. The van der Waals surface area contributed by atoms with Crippen molar-refractivity contribution in [2.24, 2.45) is 7.05 Å². The Hall–Kier alpha value is -1.36. The van der Waals surface area contributed by atoms with Gasteiger partial charge in [0.25, 0.3) is 0 Å². The molecule has 0 fully saturated rings. The van der Waals surface area contributed by atoms with Gasteiger partial charge in [-0.1, -0.05) is 20.8 Å². The van der Waals surface area contributed by atoms with Gasteiger partial charge in [0, 0.05) is 24.6 Å². The van der Waals surface area contributed by atoms with Crippen molar-refractivity contribution in [1.82, 2.24) is 14.5 Å². The Balaban J connectivity index is 3.08. The molecule has 19 heavy (non-hydrogen) atoms. The van der Waals surface area contributed by atoms with Crippen molar-refractivity contribution in [3.05, 3.63) is 17.7 Å². The second-order valence-corrected chi connectivity index (χ2v) is 6.11. The number of imidazole rings is 1. The molecule has 5 heteroatoms. The minimum absolute atomic E-state index is 0.00638. The average molecular weight is 267 g/mol. The van der Waals surface area contributed by atoms with E-state index in [0.29, 0.717) is 6.42 Å². The van der Waals surface area contributed by atoms with E-state index in [1.807, 2.05) is 30.6 Å². The minimum atomic E-state index is -0.305. The predicted molar refractivity (Wildman–Crippen MR) is 75.1 cm³/mol. The van der Waals surface area contributed by atoms with Gasteiger partial charge in [-0.3, -0.25) is 9.69 Å². The van der Waals surface area contributed by atoms with Gasteiger partial charge in [0.05, 0.1) is 19.1 Å². The third kappa shape index (κ3) is 3.56. The highest BCUT2D eigenvalue weighted by Gasteiger charge is 2.28. The molecule has 1 aromatic heterocycles. The molecule has 1 aromatic rings. The number of aryl methyl sites for hydroxylation is 1. The number of esters is 1. The zero-order chi connectivity index (χ0) is 14.8. The first-order valence-corrected chi connectivity index (χ1v) is 6.43. The van der Waals surface area contributed by atoms with E-state index in [9.17, 15) is 4.79 Å². The Morgan fingerprint density at radius 1 is 1.47 bits per heavy atom. The smallest absolute Gasteiger partial charge is 0.323 e. The summed E-state index contributed by atoms with van der Waals surface area (Å²) in [6.45, 7) is 6.45. The van der Waals surface area contributed by atoms with Crippen LogP contribution >= 0.6 is 0 Å². The number of rotatable bonds is 4. The second-order valence-electron chi connectivity index (χ2n) is 6.11. The molecule has 1 atom stereocenters. The molecule has 0 aromatic carbocycles. The third-order valence-electron chi connectivity index (χ3n) is 3.21. The number of methoxy groups -OCH3 is 1. The van der Waals surface area contributed by atoms with E-state index in [-0.39, 0.29) is 17.4 Å². The summed E-state index contributed by atoms with van der Waals surface area (Å²) >= 11 is 0. The van der Waals surface area contributed by atoms with Crippen molar-refractivity contribution in [2.75, 3.05) is 21.2 Å². The van der Waals surface area contributed by atoms with Gasteiger partial charge in [0.15, 0.2) is 0 Å². The molecule has 0 aliphatic heterocycles. The van der Waals surface area contributed by atoms with Crippen LogP contribution in [0, 0.1) is 0 Å². The zero-order valence-electron chi connectivity index (χ0n) is 13.0. The molecule has 0 N–H and O–H groups in total. The van der Waals surface area contributed by atoms with Crippen LogP contribution in [0.15, 0.2) is 6.33 Å². The normalized spacial score (nSPS) is 13.7. The number of hydrogen-bond acceptors (Lipinski definition) is 4. The van der Waals surface area contributed by atoms with Gasteiger partial charge in [-0.05, 0) is 14.1 Å². The first-order chi connectivity index (χ1) is 8.68. The van der Waals surface area contributed by atoms with Gasteiger partial charge in [-0.25, -0.2) is 4.98 Å². The standard InChI is InChI=1S/C14H25N3O2/c1-14(2,3)12-10(15-9-17(12)6)8-11(16(4)5)13(18)19-7/h9,11H,8H2,1-7H3. The molecule has 1 rings (SSSR count). The topological polar surface area (TPSA) is 47.4 Å². The Morgan fingerprint density at radius 2 is 2.05 bits per heavy atom. The molecule has 0 spiro atoms. The van der Waals surface area contributed by atoms with Crippen LogP contribution in [-0.2, 0) is 28.4 Å². The molecular weight excluding hydrogens is 242 g/mol. The van der Waals surface area contributed by atoms with E-state index < -0.39 is 0 Å². The summed E-state index contributed by atoms with van der Waals surface area (Å²) in [5.74, 6) is -0.226. The second kappa shape index (κ2) is 5.74. The van der Waals surface area contributed by atoms with Crippen LogP contribution in [0.5, 0.6) is 0 Å². The van der Waals surface area contributed by atoms with Crippen molar-refractivity contribution in [1.29, 1.82) is 0 Å². The largest absolute Gasteiger partial charge is 0.468 e. The van der Waals surface area contributed by atoms with Crippen LogP contribution in [0.3, 0.4) is 0 Å². The first-order valence-electron chi connectivity index (χ1n) is 6.43. The Morgan fingerprint density at radius 3 is 2.47 bits per heavy atom. The van der Waals surface area contributed by atoms with Crippen LogP contribution in [-0.4, -0.2) is 47.7 Å². The average Bonchev–Trinajstić information content (AvgIpc) is 2.65. The maximum Gasteiger partial charge on any atom is 0.323 e.